The summed E-state index contributed by atoms with van der Waals surface area (Å²) in [4.78, 5) is 37.4. The Morgan fingerprint density at radius 2 is 1.97 bits per heavy atom. The second-order valence-corrected chi connectivity index (χ2v) is 8.22. The monoisotopic (exact) mass is 475 g/mol. The molecule has 0 aliphatic carbocycles. The van der Waals surface area contributed by atoms with Crippen LogP contribution in [0.25, 0.3) is 6.08 Å². The molecule has 168 valence electrons. The molecule has 0 saturated carbocycles. The SMILES string of the molecule is CCOC(=O)CN1C(=O)S/C(=C\c2cc(Cl)c(OCc3ccccc3C)c(OC)c2)C1=O. The molecule has 0 atom stereocenters. The Balaban J connectivity index is 1.80. The lowest BCUT2D eigenvalue weighted by Crippen LogP contribution is -2.34. The van der Waals surface area contributed by atoms with Crippen molar-refractivity contribution in [2.75, 3.05) is 20.3 Å². The predicted octanol–water partition coefficient (Wildman–Crippen LogP) is 4.84. The van der Waals surface area contributed by atoms with E-state index in [1.165, 1.54) is 13.2 Å². The third-order valence-corrected chi connectivity index (χ3v) is 5.84. The summed E-state index contributed by atoms with van der Waals surface area (Å²) in [7, 11) is 1.49. The number of nitrogens with zero attached hydrogens (tertiary/aromatic N) is 1. The first-order valence-corrected chi connectivity index (χ1v) is 11.0. The fraction of sp³-hybridized carbons (Fsp3) is 0.261. The Morgan fingerprint density at radius 3 is 2.66 bits per heavy atom. The van der Waals surface area contributed by atoms with Crippen LogP contribution in [0.4, 0.5) is 4.79 Å². The number of esters is 1. The topological polar surface area (TPSA) is 82.1 Å². The van der Waals surface area contributed by atoms with Crippen molar-refractivity contribution in [3.05, 3.63) is 63.0 Å². The van der Waals surface area contributed by atoms with Gasteiger partial charge in [-0.05, 0) is 60.5 Å². The number of carbonyl (C=O) groups is 3. The quantitative estimate of drug-likeness (QED) is 0.399. The van der Waals surface area contributed by atoms with Crippen LogP contribution in [0.15, 0.2) is 41.3 Å². The first kappa shape index (κ1) is 23.7. The van der Waals surface area contributed by atoms with Crippen molar-refractivity contribution in [1.29, 1.82) is 0 Å². The molecule has 1 heterocycles. The molecule has 9 heteroatoms. The van der Waals surface area contributed by atoms with Crippen LogP contribution in [0.2, 0.25) is 5.02 Å². The summed E-state index contributed by atoms with van der Waals surface area (Å²) < 4.78 is 16.2. The molecule has 0 spiro atoms. The fourth-order valence-corrected chi connectivity index (χ4v) is 4.12. The van der Waals surface area contributed by atoms with Gasteiger partial charge in [0, 0.05) is 0 Å². The highest BCUT2D eigenvalue weighted by Gasteiger charge is 2.36. The predicted molar refractivity (Wildman–Crippen MR) is 123 cm³/mol. The number of hydrogen-bond donors (Lipinski definition) is 0. The molecule has 2 amide bonds. The molecule has 0 unspecified atom stereocenters. The standard InChI is InChI=1S/C23H22ClNO6S/c1-4-30-20(26)12-25-22(27)19(32-23(25)28)11-15-9-17(24)21(18(10-15)29-3)31-13-16-8-6-5-7-14(16)2/h5-11H,4,12-13H2,1-3H3/b19-11-. The van der Waals surface area contributed by atoms with Gasteiger partial charge in [-0.25, -0.2) is 0 Å². The lowest BCUT2D eigenvalue weighted by Gasteiger charge is -2.14. The van der Waals surface area contributed by atoms with E-state index < -0.39 is 23.7 Å². The van der Waals surface area contributed by atoms with Crippen molar-refractivity contribution in [2.24, 2.45) is 0 Å². The number of carbonyl (C=O) groups excluding carboxylic acids is 3. The lowest BCUT2D eigenvalue weighted by atomic mass is 10.1. The molecule has 2 aromatic carbocycles. The van der Waals surface area contributed by atoms with E-state index in [9.17, 15) is 14.4 Å². The molecule has 1 aliphatic heterocycles. The van der Waals surface area contributed by atoms with Crippen LogP contribution < -0.4 is 9.47 Å². The molecular weight excluding hydrogens is 454 g/mol. The summed E-state index contributed by atoms with van der Waals surface area (Å²) >= 11 is 7.18. The minimum absolute atomic E-state index is 0.168. The van der Waals surface area contributed by atoms with Gasteiger partial charge in [0.15, 0.2) is 11.5 Å². The Bertz CT molecular complexity index is 1080. The van der Waals surface area contributed by atoms with Crippen molar-refractivity contribution in [1.82, 2.24) is 4.90 Å². The highest BCUT2D eigenvalue weighted by molar-refractivity contribution is 8.18. The van der Waals surface area contributed by atoms with Gasteiger partial charge in [-0.2, -0.15) is 0 Å². The van der Waals surface area contributed by atoms with Crippen molar-refractivity contribution in [3.8, 4) is 11.5 Å². The van der Waals surface area contributed by atoms with E-state index >= 15 is 0 Å². The number of thioether (sulfide) groups is 1. The van der Waals surface area contributed by atoms with Crippen molar-refractivity contribution in [2.45, 2.75) is 20.5 Å². The van der Waals surface area contributed by atoms with Gasteiger partial charge in [0.2, 0.25) is 0 Å². The maximum absolute atomic E-state index is 12.6. The van der Waals surface area contributed by atoms with E-state index in [0.717, 1.165) is 27.8 Å². The highest BCUT2D eigenvalue weighted by Crippen LogP contribution is 2.39. The number of halogens is 1. The van der Waals surface area contributed by atoms with Gasteiger partial charge < -0.3 is 14.2 Å². The molecule has 1 aliphatic rings. The molecule has 0 bridgehead atoms. The van der Waals surface area contributed by atoms with E-state index in [-0.39, 0.29) is 11.5 Å². The Morgan fingerprint density at radius 1 is 1.22 bits per heavy atom. The van der Waals surface area contributed by atoms with Gasteiger partial charge in [-0.1, -0.05) is 35.9 Å². The number of rotatable bonds is 8. The molecule has 0 aromatic heterocycles. The van der Waals surface area contributed by atoms with Crippen LogP contribution in [0.1, 0.15) is 23.6 Å². The number of benzene rings is 2. The van der Waals surface area contributed by atoms with Crippen LogP contribution in [0.5, 0.6) is 11.5 Å². The molecular formula is C23H22ClNO6S. The number of hydrogen-bond acceptors (Lipinski definition) is 7. The first-order chi connectivity index (χ1) is 15.3. The van der Waals surface area contributed by atoms with Gasteiger partial charge >= 0.3 is 5.97 Å². The van der Waals surface area contributed by atoms with E-state index in [1.807, 2.05) is 31.2 Å². The van der Waals surface area contributed by atoms with Crippen LogP contribution in [0.3, 0.4) is 0 Å². The third kappa shape index (κ3) is 5.44. The summed E-state index contributed by atoms with van der Waals surface area (Å²) in [5.74, 6) is -0.438. The van der Waals surface area contributed by atoms with E-state index in [4.69, 9.17) is 25.8 Å². The van der Waals surface area contributed by atoms with Crippen molar-refractivity contribution < 1.29 is 28.6 Å². The van der Waals surface area contributed by atoms with Gasteiger partial charge in [-0.15, -0.1) is 0 Å². The maximum atomic E-state index is 12.6. The molecule has 0 N–H and O–H groups in total. The fourth-order valence-electron chi connectivity index (χ4n) is 3.01. The highest BCUT2D eigenvalue weighted by atomic mass is 35.5. The average molecular weight is 476 g/mol. The van der Waals surface area contributed by atoms with E-state index in [1.54, 1.807) is 19.1 Å². The van der Waals surface area contributed by atoms with Crippen LogP contribution in [0, 0.1) is 6.92 Å². The Labute approximate surface area is 195 Å². The van der Waals surface area contributed by atoms with Crippen LogP contribution >= 0.6 is 23.4 Å². The number of aryl methyl sites for hydroxylation is 1. The van der Waals surface area contributed by atoms with Gasteiger partial charge in [0.1, 0.15) is 13.2 Å². The van der Waals surface area contributed by atoms with E-state index in [2.05, 4.69) is 0 Å². The molecule has 32 heavy (non-hydrogen) atoms. The molecule has 0 radical (unpaired) electrons. The molecule has 7 nitrogen and oxygen atoms in total. The van der Waals surface area contributed by atoms with Crippen molar-refractivity contribution in [3.63, 3.8) is 0 Å². The molecule has 2 aromatic rings. The molecule has 1 saturated heterocycles. The maximum Gasteiger partial charge on any atom is 0.326 e. The number of methoxy groups -OCH3 is 1. The minimum Gasteiger partial charge on any atom is -0.493 e. The largest absolute Gasteiger partial charge is 0.493 e. The summed E-state index contributed by atoms with van der Waals surface area (Å²) in [5, 5.41) is -0.236. The van der Waals surface area contributed by atoms with Crippen molar-refractivity contribution >= 4 is 46.6 Å². The summed E-state index contributed by atoms with van der Waals surface area (Å²) in [5.41, 5.74) is 2.67. The zero-order chi connectivity index (χ0) is 23.3. The zero-order valence-corrected chi connectivity index (χ0v) is 19.4. The molecule has 3 rings (SSSR count). The first-order valence-electron chi connectivity index (χ1n) is 9.79. The number of amides is 2. The summed E-state index contributed by atoms with van der Waals surface area (Å²) in [6, 6.07) is 11.1. The second-order valence-electron chi connectivity index (χ2n) is 6.82. The average Bonchev–Trinajstić information content (AvgIpc) is 3.01. The normalized spacial score (nSPS) is 14.8. The minimum atomic E-state index is -0.643. The van der Waals surface area contributed by atoms with Crippen LogP contribution in [-0.4, -0.2) is 42.3 Å². The Hall–Kier alpha value is -2.97. The smallest absolute Gasteiger partial charge is 0.326 e. The van der Waals surface area contributed by atoms with Crippen LogP contribution in [-0.2, 0) is 20.9 Å². The third-order valence-electron chi connectivity index (χ3n) is 4.65. The summed E-state index contributed by atoms with van der Waals surface area (Å²) in [6.45, 7) is 3.70. The van der Waals surface area contributed by atoms with Gasteiger partial charge in [-0.3, -0.25) is 19.3 Å². The van der Waals surface area contributed by atoms with Gasteiger partial charge in [0.05, 0.1) is 23.6 Å². The lowest BCUT2D eigenvalue weighted by molar-refractivity contribution is -0.145. The number of imide groups is 1. The Kier molecular flexibility index (Phi) is 7.82. The zero-order valence-electron chi connectivity index (χ0n) is 17.8. The number of ether oxygens (including phenoxy) is 3. The summed E-state index contributed by atoms with van der Waals surface area (Å²) in [6.07, 6.45) is 1.52. The van der Waals surface area contributed by atoms with Gasteiger partial charge in [0.25, 0.3) is 11.1 Å². The van der Waals surface area contributed by atoms with E-state index in [0.29, 0.717) is 28.7 Å². The molecule has 1 fully saturated rings. The second kappa shape index (κ2) is 10.6.